The molecular weight excluding hydrogens is 332 g/mol. The van der Waals surface area contributed by atoms with Crippen molar-refractivity contribution in [2.45, 2.75) is 6.92 Å². The standard InChI is InChI=1S/C21H17Br/c1-16-10-12-17(13-11-16)6-2-3-7-18-14-15-21(22)20-9-5-4-8-19(18)20/h2-15H,1H3/b6-2+,7-3+. The molecule has 0 aromatic heterocycles. The Balaban J connectivity index is 1.84. The first-order valence-electron chi connectivity index (χ1n) is 7.33. The lowest BCUT2D eigenvalue weighted by Gasteiger charge is -2.04. The molecule has 0 fully saturated rings. The zero-order valence-electron chi connectivity index (χ0n) is 12.5. The number of hydrogen-bond acceptors (Lipinski definition) is 0. The Labute approximate surface area is 139 Å². The molecule has 0 heterocycles. The molecule has 0 bridgehead atoms. The zero-order valence-corrected chi connectivity index (χ0v) is 14.0. The van der Waals surface area contributed by atoms with E-state index in [9.17, 15) is 0 Å². The number of hydrogen-bond donors (Lipinski definition) is 0. The summed E-state index contributed by atoms with van der Waals surface area (Å²) in [5.74, 6) is 0. The van der Waals surface area contributed by atoms with Gasteiger partial charge in [-0.2, -0.15) is 0 Å². The van der Waals surface area contributed by atoms with Crippen molar-refractivity contribution in [3.05, 3.63) is 94.0 Å². The van der Waals surface area contributed by atoms with Crippen LogP contribution in [0.1, 0.15) is 16.7 Å². The van der Waals surface area contributed by atoms with Crippen LogP contribution in [-0.2, 0) is 0 Å². The molecule has 0 saturated heterocycles. The van der Waals surface area contributed by atoms with E-state index in [1.54, 1.807) is 0 Å². The van der Waals surface area contributed by atoms with Crippen molar-refractivity contribution >= 4 is 38.9 Å². The topological polar surface area (TPSA) is 0 Å². The van der Waals surface area contributed by atoms with Gasteiger partial charge in [0.2, 0.25) is 0 Å². The number of halogens is 1. The molecule has 3 rings (SSSR count). The Bertz CT molecular complexity index is 839. The van der Waals surface area contributed by atoms with E-state index in [-0.39, 0.29) is 0 Å². The maximum atomic E-state index is 3.61. The van der Waals surface area contributed by atoms with Crippen molar-refractivity contribution in [3.63, 3.8) is 0 Å². The summed E-state index contributed by atoms with van der Waals surface area (Å²) in [7, 11) is 0. The highest BCUT2D eigenvalue weighted by Crippen LogP contribution is 2.27. The Morgan fingerprint density at radius 1 is 0.727 bits per heavy atom. The lowest BCUT2D eigenvalue weighted by Crippen LogP contribution is -1.79. The average Bonchev–Trinajstić information content (AvgIpc) is 2.55. The highest BCUT2D eigenvalue weighted by atomic mass is 79.9. The van der Waals surface area contributed by atoms with Gasteiger partial charge < -0.3 is 0 Å². The molecule has 0 N–H and O–H groups in total. The van der Waals surface area contributed by atoms with Crippen LogP contribution in [0.3, 0.4) is 0 Å². The normalized spacial score (nSPS) is 11.7. The van der Waals surface area contributed by atoms with Gasteiger partial charge in [-0.05, 0) is 34.9 Å². The number of benzene rings is 3. The third kappa shape index (κ3) is 3.37. The van der Waals surface area contributed by atoms with Crippen molar-refractivity contribution in [2.75, 3.05) is 0 Å². The van der Waals surface area contributed by atoms with Crippen LogP contribution < -0.4 is 0 Å². The first kappa shape index (κ1) is 14.8. The second-order valence-electron chi connectivity index (χ2n) is 5.31. The Morgan fingerprint density at radius 3 is 2.18 bits per heavy atom. The van der Waals surface area contributed by atoms with Crippen LogP contribution >= 0.6 is 15.9 Å². The minimum absolute atomic E-state index is 1.13. The lowest BCUT2D eigenvalue weighted by atomic mass is 10.0. The first-order valence-corrected chi connectivity index (χ1v) is 8.12. The highest BCUT2D eigenvalue weighted by Gasteiger charge is 2.00. The summed E-state index contributed by atoms with van der Waals surface area (Å²) in [6.07, 6.45) is 8.45. The summed E-state index contributed by atoms with van der Waals surface area (Å²) in [6, 6.07) is 21.2. The minimum atomic E-state index is 1.13. The Kier molecular flexibility index (Phi) is 4.55. The molecule has 3 aromatic rings. The quantitative estimate of drug-likeness (QED) is 0.465. The van der Waals surface area contributed by atoms with Crippen LogP contribution in [0, 0.1) is 6.92 Å². The third-order valence-electron chi connectivity index (χ3n) is 3.66. The van der Waals surface area contributed by atoms with Crippen molar-refractivity contribution in [2.24, 2.45) is 0 Å². The second-order valence-corrected chi connectivity index (χ2v) is 6.17. The van der Waals surface area contributed by atoms with Gasteiger partial charge in [-0.3, -0.25) is 0 Å². The van der Waals surface area contributed by atoms with E-state index in [1.807, 2.05) is 0 Å². The van der Waals surface area contributed by atoms with Gasteiger partial charge >= 0.3 is 0 Å². The van der Waals surface area contributed by atoms with Crippen LogP contribution in [0.2, 0.25) is 0 Å². The molecule has 0 aliphatic carbocycles. The predicted molar refractivity (Wildman–Crippen MR) is 101 cm³/mol. The average molecular weight is 349 g/mol. The minimum Gasteiger partial charge on any atom is -0.0617 e. The molecule has 0 saturated carbocycles. The largest absolute Gasteiger partial charge is 0.0617 e. The van der Waals surface area contributed by atoms with Gasteiger partial charge in [0.05, 0.1) is 0 Å². The summed E-state index contributed by atoms with van der Waals surface area (Å²) in [5.41, 5.74) is 3.73. The van der Waals surface area contributed by atoms with Gasteiger partial charge in [0.15, 0.2) is 0 Å². The molecule has 108 valence electrons. The first-order chi connectivity index (χ1) is 10.7. The third-order valence-corrected chi connectivity index (χ3v) is 4.35. The smallest absolute Gasteiger partial charge is 0.0254 e. The van der Waals surface area contributed by atoms with Crippen LogP contribution in [0.15, 0.2) is 77.3 Å². The van der Waals surface area contributed by atoms with Crippen molar-refractivity contribution in [1.29, 1.82) is 0 Å². The van der Waals surface area contributed by atoms with E-state index in [4.69, 9.17) is 0 Å². The number of rotatable bonds is 3. The van der Waals surface area contributed by atoms with E-state index in [0.717, 1.165) is 4.47 Å². The molecule has 22 heavy (non-hydrogen) atoms. The fourth-order valence-corrected chi connectivity index (χ4v) is 2.91. The molecule has 0 unspecified atom stereocenters. The van der Waals surface area contributed by atoms with E-state index in [2.05, 4.69) is 108 Å². The summed E-state index contributed by atoms with van der Waals surface area (Å²) >= 11 is 3.61. The fraction of sp³-hybridized carbons (Fsp3) is 0.0476. The van der Waals surface area contributed by atoms with E-state index in [0.29, 0.717) is 0 Å². The van der Waals surface area contributed by atoms with Crippen LogP contribution in [0.25, 0.3) is 22.9 Å². The van der Waals surface area contributed by atoms with Crippen LogP contribution in [0.4, 0.5) is 0 Å². The van der Waals surface area contributed by atoms with E-state index >= 15 is 0 Å². The fourth-order valence-electron chi connectivity index (χ4n) is 2.43. The van der Waals surface area contributed by atoms with Gasteiger partial charge in [-0.1, -0.05) is 100 Å². The summed E-state index contributed by atoms with van der Waals surface area (Å²) in [4.78, 5) is 0. The van der Waals surface area contributed by atoms with Crippen LogP contribution in [0.5, 0.6) is 0 Å². The van der Waals surface area contributed by atoms with Gasteiger partial charge in [0.25, 0.3) is 0 Å². The van der Waals surface area contributed by atoms with Gasteiger partial charge in [-0.15, -0.1) is 0 Å². The lowest BCUT2D eigenvalue weighted by molar-refractivity contribution is 1.46. The number of fused-ring (bicyclic) bond motifs is 1. The number of aryl methyl sites for hydroxylation is 1. The molecule has 0 spiro atoms. The maximum absolute atomic E-state index is 3.61. The predicted octanol–water partition coefficient (Wildman–Crippen LogP) is 6.64. The monoisotopic (exact) mass is 348 g/mol. The Hall–Kier alpha value is -2.12. The van der Waals surface area contributed by atoms with Crippen LogP contribution in [-0.4, -0.2) is 0 Å². The van der Waals surface area contributed by atoms with Crippen molar-refractivity contribution < 1.29 is 0 Å². The SMILES string of the molecule is Cc1ccc(/C=C/C=C/c2ccc(Br)c3ccccc23)cc1. The molecule has 0 aliphatic heterocycles. The molecule has 3 aromatic carbocycles. The Morgan fingerprint density at radius 2 is 1.41 bits per heavy atom. The van der Waals surface area contributed by atoms with Gasteiger partial charge in [0.1, 0.15) is 0 Å². The molecule has 0 radical (unpaired) electrons. The van der Waals surface area contributed by atoms with Gasteiger partial charge in [-0.25, -0.2) is 0 Å². The zero-order chi connectivity index (χ0) is 15.4. The summed E-state index contributed by atoms with van der Waals surface area (Å²) in [6.45, 7) is 2.10. The van der Waals surface area contributed by atoms with E-state index in [1.165, 1.54) is 27.5 Å². The van der Waals surface area contributed by atoms with Gasteiger partial charge in [0, 0.05) is 4.47 Å². The van der Waals surface area contributed by atoms with E-state index < -0.39 is 0 Å². The molecular formula is C21H17Br. The van der Waals surface area contributed by atoms with Crippen molar-refractivity contribution in [3.8, 4) is 0 Å². The highest BCUT2D eigenvalue weighted by molar-refractivity contribution is 9.10. The summed E-state index contributed by atoms with van der Waals surface area (Å²) < 4.78 is 1.13. The molecule has 1 heteroatoms. The molecule has 0 nitrogen and oxygen atoms in total. The molecule has 0 atom stereocenters. The number of allylic oxidation sites excluding steroid dienone is 2. The van der Waals surface area contributed by atoms with Crippen molar-refractivity contribution in [1.82, 2.24) is 0 Å². The molecule has 0 aliphatic rings. The second kappa shape index (κ2) is 6.76. The molecule has 0 amide bonds. The maximum Gasteiger partial charge on any atom is 0.0254 e. The summed E-state index contributed by atoms with van der Waals surface area (Å²) in [5, 5.41) is 2.50.